The molecule has 0 fully saturated rings. The third-order valence-corrected chi connectivity index (χ3v) is 6.40. The van der Waals surface area contributed by atoms with Crippen LogP contribution >= 0.6 is 0 Å². The molecule has 0 aliphatic rings. The van der Waals surface area contributed by atoms with Crippen molar-refractivity contribution in [2.45, 2.75) is 27.2 Å². The summed E-state index contributed by atoms with van der Waals surface area (Å²) >= 11 is 0. The van der Waals surface area contributed by atoms with Crippen molar-refractivity contribution < 1.29 is 9.53 Å². The lowest BCUT2D eigenvalue weighted by atomic mass is 10.1. The number of anilines is 4. The SMILES string of the molecule is C=CC(=O)Nc1cc(Nc2cc(-c3cn(C)c4ccccc34)ncn2)c(OCCC)cc1N(C)CCN(C)C.CC. The molecule has 2 aromatic heterocycles. The number of hydrogen-bond acceptors (Lipinski definition) is 7. The number of amides is 1. The van der Waals surface area contributed by atoms with Crippen LogP contribution in [0.25, 0.3) is 22.2 Å². The highest BCUT2D eigenvalue weighted by atomic mass is 16.5. The number of hydrogen-bond donors (Lipinski definition) is 2. The third-order valence-electron chi connectivity index (χ3n) is 6.40. The molecule has 0 radical (unpaired) electrons. The lowest BCUT2D eigenvalue weighted by Gasteiger charge is -2.26. The van der Waals surface area contributed by atoms with E-state index in [0.29, 0.717) is 29.5 Å². The molecule has 0 saturated carbocycles. The van der Waals surface area contributed by atoms with E-state index in [-0.39, 0.29) is 5.91 Å². The predicted octanol–water partition coefficient (Wildman–Crippen LogP) is 6.32. The van der Waals surface area contributed by atoms with E-state index in [0.717, 1.165) is 47.4 Å². The van der Waals surface area contributed by atoms with Crippen molar-refractivity contribution in [3.8, 4) is 17.0 Å². The number of aryl methyl sites for hydroxylation is 1. The van der Waals surface area contributed by atoms with Gasteiger partial charge < -0.3 is 29.7 Å². The second-order valence-corrected chi connectivity index (χ2v) is 9.72. The molecule has 0 spiro atoms. The number of aromatic nitrogens is 3. The van der Waals surface area contributed by atoms with Crippen LogP contribution in [0, 0.1) is 0 Å². The van der Waals surface area contributed by atoms with Crippen LogP contribution in [0.3, 0.4) is 0 Å². The molecule has 218 valence electrons. The summed E-state index contributed by atoms with van der Waals surface area (Å²) in [4.78, 5) is 25.6. The Hall–Kier alpha value is -4.37. The minimum atomic E-state index is -0.286. The van der Waals surface area contributed by atoms with Crippen molar-refractivity contribution in [2.75, 3.05) is 56.4 Å². The average Bonchev–Trinajstić information content (AvgIpc) is 3.33. The van der Waals surface area contributed by atoms with E-state index in [4.69, 9.17) is 4.74 Å². The Labute approximate surface area is 243 Å². The summed E-state index contributed by atoms with van der Waals surface area (Å²) in [6.45, 7) is 11.9. The molecule has 0 aliphatic heterocycles. The maximum Gasteiger partial charge on any atom is 0.247 e. The Bertz CT molecular complexity index is 1460. The number of ether oxygens (including phenoxy) is 1. The molecule has 9 heteroatoms. The Kier molecular flexibility index (Phi) is 11.3. The molecule has 2 N–H and O–H groups in total. The smallest absolute Gasteiger partial charge is 0.247 e. The highest BCUT2D eigenvalue weighted by molar-refractivity contribution is 6.02. The monoisotopic (exact) mass is 557 g/mol. The molecule has 0 saturated heterocycles. The molecule has 0 bridgehead atoms. The van der Waals surface area contributed by atoms with Crippen molar-refractivity contribution in [3.05, 3.63) is 67.6 Å². The van der Waals surface area contributed by atoms with Gasteiger partial charge in [0.1, 0.15) is 17.9 Å². The minimum Gasteiger partial charge on any atom is -0.491 e. The van der Waals surface area contributed by atoms with Crippen LogP contribution in [0.5, 0.6) is 5.75 Å². The van der Waals surface area contributed by atoms with Gasteiger partial charge in [0.15, 0.2) is 0 Å². The van der Waals surface area contributed by atoms with E-state index in [1.54, 1.807) is 6.33 Å². The third kappa shape index (κ3) is 7.85. The number of para-hydroxylation sites is 1. The van der Waals surface area contributed by atoms with Crippen LogP contribution in [0.15, 0.2) is 67.6 Å². The first kappa shape index (κ1) is 31.2. The van der Waals surface area contributed by atoms with Crippen LogP contribution in [0.1, 0.15) is 27.2 Å². The van der Waals surface area contributed by atoms with Gasteiger partial charge in [-0.2, -0.15) is 0 Å². The Morgan fingerprint density at radius 3 is 2.54 bits per heavy atom. The number of carbonyl (C=O) groups is 1. The van der Waals surface area contributed by atoms with Gasteiger partial charge in [-0.25, -0.2) is 9.97 Å². The molecule has 4 rings (SSSR count). The number of fused-ring (bicyclic) bond motifs is 1. The quantitative estimate of drug-likeness (QED) is 0.197. The van der Waals surface area contributed by atoms with E-state index >= 15 is 0 Å². The maximum absolute atomic E-state index is 12.3. The number of nitrogens with zero attached hydrogens (tertiary/aromatic N) is 5. The fourth-order valence-corrected chi connectivity index (χ4v) is 4.33. The average molecular weight is 558 g/mol. The zero-order chi connectivity index (χ0) is 29.9. The molecule has 2 aromatic carbocycles. The summed E-state index contributed by atoms with van der Waals surface area (Å²) in [7, 11) is 8.09. The molecule has 41 heavy (non-hydrogen) atoms. The van der Waals surface area contributed by atoms with E-state index in [1.165, 1.54) is 6.08 Å². The normalized spacial score (nSPS) is 10.6. The minimum absolute atomic E-state index is 0.286. The second-order valence-electron chi connectivity index (χ2n) is 9.72. The lowest BCUT2D eigenvalue weighted by Crippen LogP contribution is -2.29. The van der Waals surface area contributed by atoms with Crippen molar-refractivity contribution in [2.24, 2.45) is 7.05 Å². The van der Waals surface area contributed by atoms with Gasteiger partial charge in [0.2, 0.25) is 5.91 Å². The molecule has 1 amide bonds. The summed E-state index contributed by atoms with van der Waals surface area (Å²) in [6, 6.07) is 14.0. The molecular weight excluding hydrogens is 514 g/mol. The number of nitrogens with one attached hydrogen (secondary N) is 2. The van der Waals surface area contributed by atoms with Gasteiger partial charge in [-0.05, 0) is 38.7 Å². The van der Waals surface area contributed by atoms with Gasteiger partial charge in [0.05, 0.1) is 29.4 Å². The topological polar surface area (TPSA) is 87.5 Å². The summed E-state index contributed by atoms with van der Waals surface area (Å²) < 4.78 is 8.25. The first-order chi connectivity index (χ1) is 19.8. The molecule has 9 nitrogen and oxygen atoms in total. The molecule has 0 atom stereocenters. The van der Waals surface area contributed by atoms with E-state index in [9.17, 15) is 4.79 Å². The largest absolute Gasteiger partial charge is 0.491 e. The number of benzene rings is 2. The van der Waals surface area contributed by atoms with Gasteiger partial charge in [-0.15, -0.1) is 0 Å². The Morgan fingerprint density at radius 1 is 1.07 bits per heavy atom. The summed E-state index contributed by atoms with van der Waals surface area (Å²) in [5.41, 5.74) is 5.15. The zero-order valence-electron chi connectivity index (χ0n) is 25.4. The fraction of sp³-hybridized carbons (Fsp3) is 0.344. The van der Waals surface area contributed by atoms with E-state index in [1.807, 2.05) is 72.4 Å². The molecule has 2 heterocycles. The molecular formula is C32H43N7O2. The second kappa shape index (κ2) is 14.9. The van der Waals surface area contributed by atoms with Crippen molar-refractivity contribution in [1.29, 1.82) is 0 Å². The predicted molar refractivity (Wildman–Crippen MR) is 171 cm³/mol. The van der Waals surface area contributed by atoms with Gasteiger partial charge in [-0.3, -0.25) is 4.79 Å². The maximum atomic E-state index is 12.3. The molecule has 4 aromatic rings. The molecule has 0 unspecified atom stereocenters. The van der Waals surface area contributed by atoms with Gasteiger partial charge in [0.25, 0.3) is 0 Å². The van der Waals surface area contributed by atoms with Crippen LogP contribution in [-0.2, 0) is 11.8 Å². The van der Waals surface area contributed by atoms with E-state index in [2.05, 4.69) is 66.8 Å². The first-order valence-electron chi connectivity index (χ1n) is 14.0. The fourth-order valence-electron chi connectivity index (χ4n) is 4.33. The van der Waals surface area contributed by atoms with Crippen LogP contribution in [0.4, 0.5) is 22.9 Å². The molecule has 0 aliphatic carbocycles. The van der Waals surface area contributed by atoms with Gasteiger partial charge in [0, 0.05) is 62.0 Å². The number of likely N-dealkylation sites (N-methyl/N-ethyl adjacent to an activating group) is 2. The van der Waals surface area contributed by atoms with Crippen molar-refractivity contribution in [3.63, 3.8) is 0 Å². The highest BCUT2D eigenvalue weighted by Crippen LogP contribution is 2.39. The first-order valence-corrected chi connectivity index (χ1v) is 14.0. The summed E-state index contributed by atoms with van der Waals surface area (Å²) in [5, 5.41) is 7.48. The number of rotatable bonds is 12. The van der Waals surface area contributed by atoms with Crippen molar-refractivity contribution >= 4 is 39.7 Å². The summed E-state index contributed by atoms with van der Waals surface area (Å²) in [6.07, 6.45) is 5.75. The van der Waals surface area contributed by atoms with Crippen molar-refractivity contribution in [1.82, 2.24) is 19.4 Å². The highest BCUT2D eigenvalue weighted by Gasteiger charge is 2.17. The standard InChI is InChI=1S/C30H37N7O2.C2H6/c1-7-15-39-28-18-27(36(5)14-13-35(3)4)24(34-30(38)8-2)16-25(28)33-29-17-23(31-20-32-29)22-19-37(6)26-12-10-9-11-21(22)26;1-2/h8-12,16-20H,2,7,13-15H2,1,3-6H3,(H,34,38)(H,31,32,33);1-2H3. The van der Waals surface area contributed by atoms with Gasteiger partial charge >= 0.3 is 0 Å². The lowest BCUT2D eigenvalue weighted by molar-refractivity contribution is -0.111. The van der Waals surface area contributed by atoms with Crippen LogP contribution in [-0.4, -0.2) is 66.2 Å². The Balaban J connectivity index is 0.00000226. The number of carbonyl (C=O) groups excluding carboxylic acids is 1. The van der Waals surface area contributed by atoms with Gasteiger partial charge in [-0.1, -0.05) is 45.5 Å². The van der Waals surface area contributed by atoms with Crippen LogP contribution in [0.2, 0.25) is 0 Å². The summed E-state index contributed by atoms with van der Waals surface area (Å²) in [5.74, 6) is 1.00. The Morgan fingerprint density at radius 2 is 1.83 bits per heavy atom. The zero-order valence-corrected chi connectivity index (χ0v) is 25.4. The van der Waals surface area contributed by atoms with E-state index < -0.39 is 0 Å². The van der Waals surface area contributed by atoms with Crippen LogP contribution < -0.4 is 20.3 Å².